The van der Waals surface area contributed by atoms with Crippen molar-refractivity contribution in [2.75, 3.05) is 5.73 Å². The Kier molecular flexibility index (Phi) is 3.23. The smallest absolute Gasteiger partial charge is 0.179 e. The Hall–Kier alpha value is -2.21. The van der Waals surface area contributed by atoms with E-state index in [1.54, 1.807) is 30.5 Å². The zero-order chi connectivity index (χ0) is 14.1. The van der Waals surface area contributed by atoms with Crippen molar-refractivity contribution in [1.82, 2.24) is 10.1 Å². The number of halogens is 2. The lowest BCUT2D eigenvalue weighted by molar-refractivity contribution is 0.435. The Morgan fingerprint density at radius 1 is 1.15 bits per heavy atom. The molecule has 0 aliphatic carbocycles. The molecule has 0 bridgehead atoms. The first-order chi connectivity index (χ1) is 9.68. The van der Waals surface area contributed by atoms with Crippen molar-refractivity contribution in [2.24, 2.45) is 0 Å². The molecule has 0 unspecified atom stereocenters. The Bertz CT molecular complexity index is 758. The number of nitrogens with two attached hydrogens (primary N) is 1. The van der Waals surface area contributed by atoms with Crippen molar-refractivity contribution in [2.45, 2.75) is 0 Å². The summed E-state index contributed by atoms with van der Waals surface area (Å²) in [6.07, 6.45) is 1.65. The van der Waals surface area contributed by atoms with Gasteiger partial charge in [-0.2, -0.15) is 0 Å². The molecule has 2 heterocycles. The van der Waals surface area contributed by atoms with E-state index in [9.17, 15) is 4.39 Å². The average molecular weight is 334 g/mol. The van der Waals surface area contributed by atoms with Crippen LogP contribution < -0.4 is 5.73 Å². The summed E-state index contributed by atoms with van der Waals surface area (Å²) in [6, 6.07) is 10.1. The summed E-state index contributed by atoms with van der Waals surface area (Å²) < 4.78 is 19.2. The molecule has 3 aromatic rings. The number of pyridine rings is 1. The highest BCUT2D eigenvalue weighted by Crippen LogP contribution is 2.39. The maximum absolute atomic E-state index is 13.6. The predicted molar refractivity (Wildman–Crippen MR) is 77.2 cm³/mol. The monoisotopic (exact) mass is 333 g/mol. The van der Waals surface area contributed by atoms with Gasteiger partial charge < -0.3 is 10.3 Å². The molecule has 20 heavy (non-hydrogen) atoms. The van der Waals surface area contributed by atoms with Gasteiger partial charge in [0.05, 0.1) is 15.7 Å². The van der Waals surface area contributed by atoms with Gasteiger partial charge in [0.2, 0.25) is 0 Å². The zero-order valence-corrected chi connectivity index (χ0v) is 11.8. The van der Waals surface area contributed by atoms with Gasteiger partial charge >= 0.3 is 0 Å². The Labute approximate surface area is 122 Å². The van der Waals surface area contributed by atoms with E-state index in [1.807, 2.05) is 6.07 Å². The Balaban J connectivity index is 2.24. The van der Waals surface area contributed by atoms with Crippen molar-refractivity contribution < 1.29 is 8.91 Å². The van der Waals surface area contributed by atoms with Gasteiger partial charge in [-0.15, -0.1) is 0 Å². The van der Waals surface area contributed by atoms with E-state index in [2.05, 4.69) is 26.1 Å². The van der Waals surface area contributed by atoms with Gasteiger partial charge in [0.25, 0.3) is 0 Å². The van der Waals surface area contributed by atoms with Crippen LogP contribution in [0.3, 0.4) is 0 Å². The van der Waals surface area contributed by atoms with Crippen molar-refractivity contribution >= 4 is 21.7 Å². The van der Waals surface area contributed by atoms with Crippen molar-refractivity contribution in [3.63, 3.8) is 0 Å². The Morgan fingerprint density at radius 3 is 2.75 bits per heavy atom. The van der Waals surface area contributed by atoms with Crippen LogP contribution in [0.2, 0.25) is 0 Å². The summed E-state index contributed by atoms with van der Waals surface area (Å²) in [5.41, 5.74) is 7.56. The van der Waals surface area contributed by atoms with Crippen LogP contribution in [0.25, 0.3) is 22.6 Å². The number of rotatable bonds is 2. The number of hydrogen-bond donors (Lipinski definition) is 1. The molecule has 6 heteroatoms. The van der Waals surface area contributed by atoms with Crippen LogP contribution in [0, 0.1) is 5.82 Å². The molecule has 1 aromatic carbocycles. The van der Waals surface area contributed by atoms with Crippen LogP contribution in [-0.2, 0) is 0 Å². The molecular formula is C14H9BrFN3O. The zero-order valence-electron chi connectivity index (χ0n) is 10.2. The second-order valence-corrected chi connectivity index (χ2v) is 4.88. The first kappa shape index (κ1) is 12.8. The summed E-state index contributed by atoms with van der Waals surface area (Å²) >= 11 is 3.21. The van der Waals surface area contributed by atoms with Gasteiger partial charge in [-0.1, -0.05) is 17.3 Å². The van der Waals surface area contributed by atoms with E-state index in [-0.39, 0.29) is 11.6 Å². The molecule has 0 saturated carbocycles. The molecule has 0 atom stereocenters. The van der Waals surface area contributed by atoms with Gasteiger partial charge in [-0.05, 0) is 40.2 Å². The highest BCUT2D eigenvalue weighted by atomic mass is 79.9. The minimum absolute atomic E-state index is 0.217. The lowest BCUT2D eigenvalue weighted by Crippen LogP contribution is -1.91. The van der Waals surface area contributed by atoms with E-state index in [0.29, 0.717) is 27.1 Å². The van der Waals surface area contributed by atoms with Crippen LogP contribution in [0.1, 0.15) is 0 Å². The second kappa shape index (κ2) is 5.05. The quantitative estimate of drug-likeness (QED) is 0.772. The van der Waals surface area contributed by atoms with Crippen molar-refractivity contribution in [3.8, 4) is 22.6 Å². The SMILES string of the molecule is Nc1noc(-c2cccc(F)c2Br)c1-c1ccccn1. The maximum Gasteiger partial charge on any atom is 0.179 e. The second-order valence-electron chi connectivity index (χ2n) is 4.09. The number of nitrogens with zero attached hydrogens (tertiary/aromatic N) is 2. The largest absolute Gasteiger partial charge is 0.380 e. The molecule has 0 aliphatic heterocycles. The van der Waals surface area contributed by atoms with E-state index < -0.39 is 0 Å². The standard InChI is InChI=1S/C14H9BrFN3O/c15-12-8(4-3-5-9(12)16)13-11(14(17)19-20-13)10-6-1-2-7-18-10/h1-7H,(H2,17,19). The molecular weight excluding hydrogens is 325 g/mol. The summed E-state index contributed by atoms with van der Waals surface area (Å²) in [5.74, 6) is 0.215. The van der Waals surface area contributed by atoms with Gasteiger partial charge in [0.15, 0.2) is 11.6 Å². The molecule has 3 rings (SSSR count). The highest BCUT2D eigenvalue weighted by molar-refractivity contribution is 9.10. The van der Waals surface area contributed by atoms with Crippen molar-refractivity contribution in [3.05, 3.63) is 52.9 Å². The molecule has 0 aliphatic rings. The minimum Gasteiger partial charge on any atom is -0.380 e. The molecule has 4 nitrogen and oxygen atoms in total. The number of nitrogen functional groups attached to an aromatic ring is 1. The highest BCUT2D eigenvalue weighted by Gasteiger charge is 2.21. The third kappa shape index (κ3) is 2.08. The predicted octanol–water partition coefficient (Wildman–Crippen LogP) is 3.89. The number of aromatic nitrogens is 2. The molecule has 0 radical (unpaired) electrons. The molecule has 0 amide bonds. The van der Waals surface area contributed by atoms with Gasteiger partial charge in [0.1, 0.15) is 5.82 Å². The maximum atomic E-state index is 13.6. The van der Waals surface area contributed by atoms with Crippen LogP contribution in [0.15, 0.2) is 51.6 Å². The molecule has 0 saturated heterocycles. The molecule has 100 valence electrons. The lowest BCUT2D eigenvalue weighted by Gasteiger charge is -2.04. The summed E-state index contributed by atoms with van der Waals surface area (Å²) in [6.45, 7) is 0. The minimum atomic E-state index is -0.385. The molecule has 2 aromatic heterocycles. The summed E-state index contributed by atoms with van der Waals surface area (Å²) in [5, 5.41) is 3.76. The topological polar surface area (TPSA) is 64.9 Å². The van der Waals surface area contributed by atoms with Crippen LogP contribution in [0.4, 0.5) is 10.2 Å². The normalized spacial score (nSPS) is 10.7. The van der Waals surface area contributed by atoms with Gasteiger partial charge in [0, 0.05) is 11.8 Å². The van der Waals surface area contributed by atoms with E-state index in [1.165, 1.54) is 6.07 Å². The third-order valence-electron chi connectivity index (χ3n) is 2.84. The average Bonchev–Trinajstić information content (AvgIpc) is 2.84. The van der Waals surface area contributed by atoms with Gasteiger partial charge in [-0.3, -0.25) is 4.98 Å². The van der Waals surface area contributed by atoms with Gasteiger partial charge in [-0.25, -0.2) is 4.39 Å². The summed E-state index contributed by atoms with van der Waals surface area (Å²) in [4.78, 5) is 4.23. The van der Waals surface area contributed by atoms with E-state index in [0.717, 1.165) is 0 Å². The van der Waals surface area contributed by atoms with Crippen LogP contribution in [-0.4, -0.2) is 10.1 Å². The van der Waals surface area contributed by atoms with Crippen LogP contribution in [0.5, 0.6) is 0 Å². The first-order valence-corrected chi connectivity index (χ1v) is 6.58. The fourth-order valence-corrected chi connectivity index (χ4v) is 2.37. The van der Waals surface area contributed by atoms with Crippen LogP contribution >= 0.6 is 15.9 Å². The van der Waals surface area contributed by atoms with E-state index in [4.69, 9.17) is 10.3 Å². The van der Waals surface area contributed by atoms with Crippen molar-refractivity contribution in [1.29, 1.82) is 0 Å². The Morgan fingerprint density at radius 2 is 2.00 bits per heavy atom. The molecule has 0 spiro atoms. The fraction of sp³-hybridized carbons (Fsp3) is 0. The molecule has 2 N–H and O–H groups in total. The number of anilines is 1. The summed E-state index contributed by atoms with van der Waals surface area (Å²) in [7, 11) is 0. The first-order valence-electron chi connectivity index (χ1n) is 5.79. The fourth-order valence-electron chi connectivity index (χ4n) is 1.92. The van der Waals surface area contributed by atoms with E-state index >= 15 is 0 Å². The number of hydrogen-bond acceptors (Lipinski definition) is 4. The number of benzene rings is 1. The third-order valence-corrected chi connectivity index (χ3v) is 3.64. The molecule has 0 fully saturated rings. The lowest BCUT2D eigenvalue weighted by atomic mass is 10.1.